The Labute approximate surface area is 104 Å². The van der Waals surface area contributed by atoms with Crippen molar-refractivity contribution in [2.24, 2.45) is 0 Å². The van der Waals surface area contributed by atoms with Crippen molar-refractivity contribution in [3.8, 4) is 0 Å². The highest BCUT2D eigenvalue weighted by Gasteiger charge is 2.09. The second-order valence-electron chi connectivity index (χ2n) is 3.75. The molecular weight excluding hydrogens is 238 g/mol. The fraction of sp³-hybridized carbons (Fsp3) is 0.500. The summed E-state index contributed by atoms with van der Waals surface area (Å²) in [6.07, 6.45) is 4.02. The maximum absolute atomic E-state index is 11.5. The van der Waals surface area contributed by atoms with Crippen LogP contribution in [0.2, 0.25) is 0 Å². The predicted octanol–water partition coefficient (Wildman–Crippen LogP) is 0.636. The predicted molar refractivity (Wildman–Crippen MR) is 62.9 cm³/mol. The van der Waals surface area contributed by atoms with Crippen molar-refractivity contribution in [3.05, 3.63) is 12.4 Å². The summed E-state index contributed by atoms with van der Waals surface area (Å²) >= 11 is 0. The van der Waals surface area contributed by atoms with E-state index in [0.717, 1.165) is 0 Å². The summed E-state index contributed by atoms with van der Waals surface area (Å²) in [4.78, 5) is 25.6. The first kappa shape index (κ1) is 13.8. The highest BCUT2D eigenvalue weighted by atomic mass is 16.4. The van der Waals surface area contributed by atoms with Crippen LogP contribution in [0.15, 0.2) is 12.4 Å². The van der Waals surface area contributed by atoms with E-state index >= 15 is 0 Å². The Bertz CT molecular complexity index is 398. The average molecular weight is 253 g/mol. The van der Waals surface area contributed by atoms with Gasteiger partial charge in [-0.2, -0.15) is 5.10 Å². The van der Waals surface area contributed by atoms with Gasteiger partial charge in [0.05, 0.1) is 12.4 Å². The van der Waals surface area contributed by atoms with Crippen LogP contribution in [-0.2, 0) is 4.79 Å². The molecule has 0 saturated carbocycles. The first-order chi connectivity index (χ1) is 8.58. The molecule has 1 unspecified atom stereocenters. The molecule has 8 nitrogen and oxygen atoms in total. The van der Waals surface area contributed by atoms with Gasteiger partial charge < -0.3 is 10.4 Å². The molecule has 1 aromatic heterocycles. The normalized spacial score (nSPS) is 11.6. The van der Waals surface area contributed by atoms with Gasteiger partial charge in [0.25, 0.3) is 5.95 Å². The lowest BCUT2D eigenvalue weighted by molar-refractivity contribution is -0.137. The highest BCUT2D eigenvalue weighted by Crippen LogP contribution is 2.01. The van der Waals surface area contributed by atoms with Crippen LogP contribution in [0.3, 0.4) is 0 Å². The maximum atomic E-state index is 11.5. The van der Waals surface area contributed by atoms with Gasteiger partial charge in [-0.25, -0.2) is 9.78 Å². The van der Waals surface area contributed by atoms with Gasteiger partial charge in [-0.3, -0.25) is 10.1 Å². The highest BCUT2D eigenvalue weighted by molar-refractivity contribution is 5.87. The van der Waals surface area contributed by atoms with Gasteiger partial charge in [-0.1, -0.05) is 0 Å². The van der Waals surface area contributed by atoms with Crippen LogP contribution in [0, 0.1) is 0 Å². The van der Waals surface area contributed by atoms with Gasteiger partial charge >= 0.3 is 12.0 Å². The fourth-order valence-corrected chi connectivity index (χ4v) is 1.30. The molecule has 98 valence electrons. The Morgan fingerprint density at radius 2 is 2.22 bits per heavy atom. The van der Waals surface area contributed by atoms with Crippen molar-refractivity contribution in [1.29, 1.82) is 0 Å². The molecule has 0 bridgehead atoms. The zero-order valence-corrected chi connectivity index (χ0v) is 9.96. The maximum Gasteiger partial charge on any atom is 0.321 e. The largest absolute Gasteiger partial charge is 0.481 e. The number of carboxylic acid groups (broad SMARTS) is 1. The van der Waals surface area contributed by atoms with Crippen LogP contribution >= 0.6 is 0 Å². The molecule has 2 amide bonds. The lowest BCUT2D eigenvalue weighted by atomic mass is 10.1. The molecule has 1 heterocycles. The van der Waals surface area contributed by atoms with Gasteiger partial charge in [-0.05, 0) is 19.8 Å². The van der Waals surface area contributed by atoms with Crippen LogP contribution in [0.25, 0.3) is 0 Å². The van der Waals surface area contributed by atoms with E-state index in [1.54, 1.807) is 6.92 Å². The van der Waals surface area contributed by atoms with Crippen molar-refractivity contribution >= 4 is 17.9 Å². The SMILES string of the molecule is CC(CCCC(=O)O)NC(=O)Nc1nccnn1. The molecule has 0 aliphatic heterocycles. The Morgan fingerprint density at radius 1 is 1.44 bits per heavy atom. The summed E-state index contributed by atoms with van der Waals surface area (Å²) in [6.45, 7) is 1.80. The fourth-order valence-electron chi connectivity index (χ4n) is 1.30. The summed E-state index contributed by atoms with van der Waals surface area (Å²) < 4.78 is 0. The molecule has 1 aromatic rings. The van der Waals surface area contributed by atoms with Crippen molar-refractivity contribution in [2.45, 2.75) is 32.2 Å². The first-order valence-electron chi connectivity index (χ1n) is 5.51. The van der Waals surface area contributed by atoms with E-state index in [1.807, 2.05) is 0 Å². The minimum absolute atomic E-state index is 0.0966. The first-order valence-corrected chi connectivity index (χ1v) is 5.51. The molecule has 1 rings (SSSR count). The number of carboxylic acids is 1. The van der Waals surface area contributed by atoms with E-state index in [4.69, 9.17) is 5.11 Å². The quantitative estimate of drug-likeness (QED) is 0.684. The van der Waals surface area contributed by atoms with Crippen LogP contribution in [0.5, 0.6) is 0 Å². The number of amides is 2. The van der Waals surface area contributed by atoms with E-state index in [-0.39, 0.29) is 18.4 Å². The number of hydrogen-bond acceptors (Lipinski definition) is 5. The zero-order chi connectivity index (χ0) is 13.4. The van der Waals surface area contributed by atoms with Crippen LogP contribution in [0.1, 0.15) is 26.2 Å². The number of nitrogens with one attached hydrogen (secondary N) is 2. The lowest BCUT2D eigenvalue weighted by Gasteiger charge is -2.13. The van der Waals surface area contributed by atoms with Gasteiger partial charge in [0.1, 0.15) is 0 Å². The smallest absolute Gasteiger partial charge is 0.321 e. The summed E-state index contributed by atoms with van der Waals surface area (Å²) in [7, 11) is 0. The van der Waals surface area contributed by atoms with Gasteiger partial charge in [0, 0.05) is 12.5 Å². The number of rotatable bonds is 6. The second kappa shape index (κ2) is 7.15. The topological polar surface area (TPSA) is 117 Å². The molecule has 0 aliphatic carbocycles. The van der Waals surface area contributed by atoms with E-state index in [1.165, 1.54) is 12.4 Å². The van der Waals surface area contributed by atoms with E-state index in [9.17, 15) is 9.59 Å². The van der Waals surface area contributed by atoms with Crippen molar-refractivity contribution in [2.75, 3.05) is 5.32 Å². The monoisotopic (exact) mass is 253 g/mol. The van der Waals surface area contributed by atoms with Crippen molar-refractivity contribution < 1.29 is 14.7 Å². The van der Waals surface area contributed by atoms with E-state index in [2.05, 4.69) is 25.8 Å². The molecule has 0 saturated heterocycles. The summed E-state index contributed by atoms with van der Waals surface area (Å²) in [5.41, 5.74) is 0. The van der Waals surface area contributed by atoms with Gasteiger partial charge in [-0.15, -0.1) is 5.10 Å². The number of carbonyl (C=O) groups excluding carboxylic acids is 1. The average Bonchev–Trinajstić information content (AvgIpc) is 2.29. The molecule has 0 fully saturated rings. The molecule has 18 heavy (non-hydrogen) atoms. The summed E-state index contributed by atoms with van der Waals surface area (Å²) in [5.74, 6) is -0.719. The Morgan fingerprint density at radius 3 is 2.83 bits per heavy atom. The number of anilines is 1. The van der Waals surface area contributed by atoms with E-state index < -0.39 is 12.0 Å². The third-order valence-corrected chi connectivity index (χ3v) is 2.11. The number of aliphatic carboxylic acids is 1. The van der Waals surface area contributed by atoms with Gasteiger partial charge in [0.2, 0.25) is 0 Å². The van der Waals surface area contributed by atoms with Gasteiger partial charge in [0.15, 0.2) is 0 Å². The number of urea groups is 1. The lowest BCUT2D eigenvalue weighted by Crippen LogP contribution is -2.36. The Balaban J connectivity index is 2.25. The molecular formula is C10H15N5O3. The Kier molecular flexibility index (Phi) is 5.49. The van der Waals surface area contributed by atoms with Crippen LogP contribution < -0.4 is 10.6 Å². The number of nitrogens with zero attached hydrogens (tertiary/aromatic N) is 3. The van der Waals surface area contributed by atoms with Crippen molar-refractivity contribution in [1.82, 2.24) is 20.5 Å². The number of carbonyl (C=O) groups is 2. The molecule has 0 radical (unpaired) electrons. The third kappa shape index (κ3) is 5.73. The summed E-state index contributed by atoms with van der Waals surface area (Å²) in [6, 6.07) is -0.563. The third-order valence-electron chi connectivity index (χ3n) is 2.11. The number of hydrogen-bond donors (Lipinski definition) is 3. The van der Waals surface area contributed by atoms with E-state index in [0.29, 0.717) is 12.8 Å². The minimum atomic E-state index is -0.838. The molecule has 0 aliphatic rings. The molecule has 0 aromatic carbocycles. The standard InChI is InChI=1S/C10H15N5O3/c1-7(3-2-4-8(16)17)13-10(18)14-9-11-5-6-12-15-9/h5-7H,2-4H2,1H3,(H,16,17)(H2,11,13,14,15,18). The van der Waals surface area contributed by atoms with Crippen LogP contribution in [0.4, 0.5) is 10.7 Å². The molecule has 1 atom stereocenters. The molecule has 3 N–H and O–H groups in total. The summed E-state index contributed by atoms with van der Waals surface area (Å²) in [5, 5.41) is 20.7. The van der Waals surface area contributed by atoms with Crippen LogP contribution in [-0.4, -0.2) is 38.3 Å². The second-order valence-corrected chi connectivity index (χ2v) is 3.75. The van der Waals surface area contributed by atoms with Crippen molar-refractivity contribution in [3.63, 3.8) is 0 Å². The Hall–Kier alpha value is -2.25. The minimum Gasteiger partial charge on any atom is -0.481 e. The zero-order valence-electron chi connectivity index (χ0n) is 9.96. The number of aromatic nitrogens is 3. The molecule has 0 spiro atoms. The molecule has 8 heteroatoms.